The molecule has 0 N–H and O–H groups in total. The van der Waals surface area contributed by atoms with Gasteiger partial charge in [0.1, 0.15) is 0 Å². The molecule has 0 spiro atoms. The summed E-state index contributed by atoms with van der Waals surface area (Å²) in [7, 11) is -3.38. The van der Waals surface area contributed by atoms with Crippen molar-refractivity contribution in [3.8, 4) is 0 Å². The number of likely N-dealkylation sites (N-methyl/N-ethyl adjacent to an activating group) is 1. The van der Waals surface area contributed by atoms with Gasteiger partial charge in [-0.15, -0.1) is 0 Å². The second-order valence-electron chi connectivity index (χ2n) is 8.35. The molecule has 0 aromatic heterocycles. The number of sulfonamides is 1. The Balaban J connectivity index is 2.05. The molecule has 0 atom stereocenters. The number of benzene rings is 3. The van der Waals surface area contributed by atoms with Gasteiger partial charge >= 0.3 is 0 Å². The van der Waals surface area contributed by atoms with Gasteiger partial charge in [0.25, 0.3) is 0 Å². The Kier molecular flexibility index (Phi) is 9.08. The minimum Gasteiger partial charge on any atom is -0.302 e. The van der Waals surface area contributed by atoms with Crippen molar-refractivity contribution in [1.82, 2.24) is 4.90 Å². The van der Waals surface area contributed by atoms with Crippen molar-refractivity contribution in [3.63, 3.8) is 0 Å². The molecule has 3 aromatic rings. The van der Waals surface area contributed by atoms with Crippen molar-refractivity contribution in [2.24, 2.45) is 0 Å². The predicted molar refractivity (Wildman–Crippen MR) is 146 cm³/mol. The van der Waals surface area contributed by atoms with E-state index >= 15 is 0 Å². The maximum absolute atomic E-state index is 12.6. The van der Waals surface area contributed by atoms with Crippen LogP contribution in [-0.4, -0.2) is 45.8 Å². The Morgan fingerprint density at radius 1 is 0.676 bits per heavy atom. The van der Waals surface area contributed by atoms with E-state index in [-0.39, 0.29) is 0 Å². The standard InChI is InChI=1S/C29H36N2O2S/c1-5-28(24-14-10-8-11-15-24)29(25-16-12-9-13-17-25)26-18-20-27(21-19-26)31(34(4,32)33)23-22-30(6-2)7-3/h8-21H,5-7,22-23H2,1-4H3. The molecule has 0 amide bonds. The van der Waals surface area contributed by atoms with Crippen LogP contribution in [-0.2, 0) is 10.0 Å². The first-order valence-electron chi connectivity index (χ1n) is 12.0. The van der Waals surface area contributed by atoms with E-state index in [2.05, 4.69) is 74.2 Å². The molecule has 0 saturated heterocycles. The molecule has 0 aliphatic carbocycles. The number of anilines is 1. The average Bonchev–Trinajstić information content (AvgIpc) is 2.86. The molecule has 180 valence electrons. The molecule has 3 aromatic carbocycles. The highest BCUT2D eigenvalue weighted by molar-refractivity contribution is 7.92. The number of allylic oxidation sites excluding steroid dienone is 1. The molecular weight excluding hydrogens is 440 g/mol. The van der Waals surface area contributed by atoms with Gasteiger partial charge in [0.2, 0.25) is 10.0 Å². The molecule has 0 radical (unpaired) electrons. The van der Waals surface area contributed by atoms with Gasteiger partial charge in [-0.1, -0.05) is 93.6 Å². The number of hydrogen-bond donors (Lipinski definition) is 0. The summed E-state index contributed by atoms with van der Waals surface area (Å²) in [6.07, 6.45) is 2.17. The third-order valence-corrected chi connectivity index (χ3v) is 7.39. The second kappa shape index (κ2) is 12.0. The van der Waals surface area contributed by atoms with Crippen molar-refractivity contribution in [2.75, 3.05) is 36.7 Å². The molecule has 0 aliphatic rings. The number of rotatable bonds is 11. The lowest BCUT2D eigenvalue weighted by molar-refractivity contribution is 0.313. The molecule has 0 saturated carbocycles. The van der Waals surface area contributed by atoms with Gasteiger partial charge in [-0.2, -0.15) is 0 Å². The fraction of sp³-hybridized carbons (Fsp3) is 0.310. The lowest BCUT2D eigenvalue weighted by Crippen LogP contribution is -2.38. The van der Waals surface area contributed by atoms with E-state index < -0.39 is 10.0 Å². The quantitative estimate of drug-likeness (QED) is 0.311. The largest absolute Gasteiger partial charge is 0.302 e. The van der Waals surface area contributed by atoms with Gasteiger partial charge in [0, 0.05) is 13.1 Å². The maximum Gasteiger partial charge on any atom is 0.232 e. The Bertz CT molecular complexity index is 1170. The third kappa shape index (κ3) is 6.37. The first kappa shape index (κ1) is 25.7. The van der Waals surface area contributed by atoms with Crippen LogP contribution in [0.4, 0.5) is 5.69 Å². The maximum atomic E-state index is 12.6. The lowest BCUT2D eigenvalue weighted by atomic mass is 9.88. The van der Waals surface area contributed by atoms with E-state index in [1.54, 1.807) is 0 Å². The van der Waals surface area contributed by atoms with E-state index in [4.69, 9.17) is 0 Å². The van der Waals surface area contributed by atoms with Crippen LogP contribution >= 0.6 is 0 Å². The molecule has 4 nitrogen and oxygen atoms in total. The van der Waals surface area contributed by atoms with Crippen LogP contribution in [0.3, 0.4) is 0 Å². The van der Waals surface area contributed by atoms with E-state index in [0.29, 0.717) is 18.8 Å². The minimum absolute atomic E-state index is 0.436. The fourth-order valence-corrected chi connectivity index (χ4v) is 5.26. The van der Waals surface area contributed by atoms with Gasteiger partial charge < -0.3 is 4.90 Å². The molecule has 0 fully saturated rings. The van der Waals surface area contributed by atoms with Crippen LogP contribution < -0.4 is 4.31 Å². The molecule has 0 heterocycles. The smallest absolute Gasteiger partial charge is 0.232 e. The van der Waals surface area contributed by atoms with Crippen LogP contribution in [0.5, 0.6) is 0 Å². The molecule has 0 bridgehead atoms. The predicted octanol–water partition coefficient (Wildman–Crippen LogP) is 6.16. The fourth-order valence-electron chi connectivity index (χ4n) is 4.34. The summed E-state index contributed by atoms with van der Waals surface area (Å²) in [6.45, 7) is 9.31. The van der Waals surface area contributed by atoms with Crippen LogP contribution in [0.15, 0.2) is 84.9 Å². The van der Waals surface area contributed by atoms with Crippen LogP contribution in [0.25, 0.3) is 11.1 Å². The summed E-state index contributed by atoms with van der Waals surface area (Å²) in [5, 5.41) is 0. The zero-order valence-electron chi connectivity index (χ0n) is 20.7. The van der Waals surface area contributed by atoms with Crippen molar-refractivity contribution in [2.45, 2.75) is 27.2 Å². The first-order chi connectivity index (χ1) is 16.4. The lowest BCUT2D eigenvalue weighted by Gasteiger charge is -2.26. The van der Waals surface area contributed by atoms with E-state index in [9.17, 15) is 8.42 Å². The van der Waals surface area contributed by atoms with Gasteiger partial charge in [-0.3, -0.25) is 4.31 Å². The van der Waals surface area contributed by atoms with Gasteiger partial charge in [0.15, 0.2) is 0 Å². The third-order valence-electron chi connectivity index (χ3n) is 6.20. The van der Waals surface area contributed by atoms with Crippen molar-refractivity contribution >= 4 is 26.9 Å². The summed E-state index contributed by atoms with van der Waals surface area (Å²) in [5.41, 5.74) is 6.56. The number of nitrogens with zero attached hydrogens (tertiary/aromatic N) is 2. The van der Waals surface area contributed by atoms with Crippen LogP contribution in [0.2, 0.25) is 0 Å². The van der Waals surface area contributed by atoms with Crippen molar-refractivity contribution in [1.29, 1.82) is 0 Å². The van der Waals surface area contributed by atoms with Crippen LogP contribution in [0.1, 0.15) is 43.9 Å². The van der Waals surface area contributed by atoms with E-state index in [0.717, 1.165) is 30.6 Å². The molecule has 3 rings (SSSR count). The van der Waals surface area contributed by atoms with E-state index in [1.165, 1.54) is 27.3 Å². The first-order valence-corrected chi connectivity index (χ1v) is 13.9. The van der Waals surface area contributed by atoms with Crippen molar-refractivity contribution < 1.29 is 8.42 Å². The summed E-state index contributed by atoms with van der Waals surface area (Å²) >= 11 is 0. The Morgan fingerprint density at radius 2 is 1.18 bits per heavy atom. The monoisotopic (exact) mass is 476 g/mol. The van der Waals surface area contributed by atoms with Gasteiger partial charge in [0.05, 0.1) is 11.9 Å². The highest BCUT2D eigenvalue weighted by Gasteiger charge is 2.19. The highest BCUT2D eigenvalue weighted by Crippen LogP contribution is 2.35. The molecule has 0 unspecified atom stereocenters. The topological polar surface area (TPSA) is 40.6 Å². The Hall–Kier alpha value is -2.89. The van der Waals surface area contributed by atoms with Gasteiger partial charge in [-0.25, -0.2) is 8.42 Å². The minimum atomic E-state index is -3.38. The normalized spacial score (nSPS) is 12.5. The van der Waals surface area contributed by atoms with Crippen LogP contribution in [0, 0.1) is 0 Å². The van der Waals surface area contributed by atoms with Gasteiger partial charge in [-0.05, 0) is 59.5 Å². The highest BCUT2D eigenvalue weighted by atomic mass is 32.2. The number of hydrogen-bond acceptors (Lipinski definition) is 3. The SMILES string of the molecule is CCC(=C(c1ccccc1)c1ccc(N(CCN(CC)CC)S(C)(=O)=O)cc1)c1ccccc1. The zero-order valence-corrected chi connectivity index (χ0v) is 21.6. The Labute approximate surface area is 205 Å². The summed E-state index contributed by atoms with van der Waals surface area (Å²) in [5.74, 6) is 0. The zero-order chi connectivity index (χ0) is 24.6. The molecular formula is C29H36N2O2S. The van der Waals surface area contributed by atoms with Crippen molar-refractivity contribution in [3.05, 3.63) is 102 Å². The summed E-state index contributed by atoms with van der Waals surface area (Å²) < 4.78 is 26.7. The average molecular weight is 477 g/mol. The molecule has 0 aliphatic heterocycles. The van der Waals surface area contributed by atoms with E-state index in [1.807, 2.05) is 36.4 Å². The summed E-state index contributed by atoms with van der Waals surface area (Å²) in [6, 6.07) is 28.8. The Morgan fingerprint density at radius 3 is 1.65 bits per heavy atom. The summed E-state index contributed by atoms with van der Waals surface area (Å²) in [4.78, 5) is 2.23. The second-order valence-corrected chi connectivity index (χ2v) is 10.3. The molecule has 34 heavy (non-hydrogen) atoms. The molecule has 5 heteroatoms.